The summed E-state index contributed by atoms with van der Waals surface area (Å²) in [6.45, 7) is 0. The second-order valence-electron chi connectivity index (χ2n) is 9.82. The number of carbonyl (C=O) groups excluding carboxylic acids is 3. The van der Waals surface area contributed by atoms with Crippen molar-refractivity contribution in [3.63, 3.8) is 0 Å². The lowest BCUT2D eigenvalue weighted by molar-refractivity contribution is -0.154. The second kappa shape index (κ2) is 13.3. The third kappa shape index (κ3) is 6.33. The van der Waals surface area contributed by atoms with E-state index in [1.807, 2.05) is 60.7 Å². The highest BCUT2D eigenvalue weighted by Gasteiger charge is 2.55. The first-order valence-electron chi connectivity index (χ1n) is 13.4. The summed E-state index contributed by atoms with van der Waals surface area (Å²) < 4.78 is 6.19. The van der Waals surface area contributed by atoms with Gasteiger partial charge in [0.05, 0.1) is 20.7 Å². The van der Waals surface area contributed by atoms with E-state index in [2.05, 4.69) is 10.3 Å². The predicted octanol–water partition coefficient (Wildman–Crippen LogP) is 6.27. The van der Waals surface area contributed by atoms with Crippen LogP contribution in [-0.4, -0.2) is 50.6 Å². The Morgan fingerprint density at radius 1 is 1.05 bits per heavy atom. The van der Waals surface area contributed by atoms with E-state index in [-0.39, 0.29) is 17.4 Å². The predicted molar refractivity (Wildman–Crippen MR) is 176 cm³/mol. The van der Waals surface area contributed by atoms with Gasteiger partial charge in [-0.1, -0.05) is 95.2 Å². The van der Waals surface area contributed by atoms with Gasteiger partial charge in [-0.15, -0.1) is 23.5 Å². The van der Waals surface area contributed by atoms with Gasteiger partial charge in [0, 0.05) is 22.4 Å². The number of ether oxygens (including phenoxy) is 1. The molecular formula is C31H24Cl2N4O4S3. The fraction of sp³-hybridized carbons (Fsp3) is 0.161. The number of carbonyl (C=O) groups is 3. The molecule has 1 aromatic heterocycles. The van der Waals surface area contributed by atoms with Crippen LogP contribution in [0.2, 0.25) is 10.0 Å². The topological polar surface area (TPSA) is 115 Å². The number of halogens is 2. The number of aromatic nitrogens is 1. The van der Waals surface area contributed by atoms with Crippen LogP contribution in [0.1, 0.15) is 22.1 Å². The highest BCUT2D eigenvalue weighted by Crippen LogP contribution is 2.45. The zero-order valence-corrected chi connectivity index (χ0v) is 26.8. The molecule has 8 nitrogen and oxygen atoms in total. The lowest BCUT2D eigenvalue weighted by Gasteiger charge is -2.49. The number of esters is 1. The molecular weight excluding hydrogens is 659 g/mol. The van der Waals surface area contributed by atoms with Crippen molar-refractivity contribution in [2.75, 3.05) is 17.2 Å². The van der Waals surface area contributed by atoms with Gasteiger partial charge < -0.3 is 15.8 Å². The highest BCUT2D eigenvalue weighted by atomic mass is 35.5. The molecule has 0 saturated carbocycles. The highest BCUT2D eigenvalue weighted by molar-refractivity contribution is 8.00. The number of rotatable bonds is 9. The van der Waals surface area contributed by atoms with Crippen molar-refractivity contribution in [3.8, 4) is 0 Å². The lowest BCUT2D eigenvalue weighted by atomic mass is 10.0. The maximum Gasteiger partial charge on any atom is 0.356 e. The van der Waals surface area contributed by atoms with Crippen molar-refractivity contribution in [2.24, 2.45) is 0 Å². The number of fused-ring (bicyclic) bond motifs is 1. The molecule has 13 heteroatoms. The Labute approximate surface area is 276 Å². The molecule has 3 heterocycles. The summed E-state index contributed by atoms with van der Waals surface area (Å²) in [6.07, 6.45) is 0.891. The van der Waals surface area contributed by atoms with Crippen LogP contribution in [0.15, 0.2) is 95.7 Å². The number of hydrogen-bond donors (Lipinski definition) is 2. The molecule has 2 aliphatic heterocycles. The number of β-lactam (4-membered cyclic amide) rings is 1. The Bertz CT molecular complexity index is 1710. The lowest BCUT2D eigenvalue weighted by Crippen LogP contribution is -2.70. The van der Waals surface area contributed by atoms with Gasteiger partial charge >= 0.3 is 5.97 Å². The van der Waals surface area contributed by atoms with Crippen LogP contribution in [0.4, 0.5) is 5.13 Å². The Morgan fingerprint density at radius 3 is 2.34 bits per heavy atom. The number of hydrogen-bond acceptors (Lipinski definition) is 9. The van der Waals surface area contributed by atoms with Crippen molar-refractivity contribution in [1.82, 2.24) is 15.2 Å². The third-order valence-electron chi connectivity index (χ3n) is 6.99. The molecule has 3 N–H and O–H groups in total. The first kappa shape index (κ1) is 30.5. The van der Waals surface area contributed by atoms with Crippen molar-refractivity contribution >= 4 is 86.6 Å². The van der Waals surface area contributed by atoms with E-state index in [0.717, 1.165) is 16.0 Å². The number of anilines is 1. The molecule has 0 aliphatic carbocycles. The first-order valence-corrected chi connectivity index (χ1v) is 17.0. The molecule has 1 saturated heterocycles. The molecule has 44 heavy (non-hydrogen) atoms. The van der Waals surface area contributed by atoms with Crippen LogP contribution in [0.25, 0.3) is 5.57 Å². The maximum atomic E-state index is 14.1. The summed E-state index contributed by atoms with van der Waals surface area (Å²) >= 11 is 16.0. The number of thiazole rings is 1. The molecule has 0 spiro atoms. The SMILES string of the molecule is Nc1ncc(C2=C(C(=O)OC(c3ccccc3)c3ccccc3)N3C(=O)C(NC(=O)CSc4ccc(Cl)c(Cl)c4)C3SC2)s1. The third-order valence-corrected chi connectivity index (χ3v) is 10.9. The Balaban J connectivity index is 1.24. The number of thioether (sulfide) groups is 2. The Hall–Kier alpha value is -3.48. The minimum atomic E-state index is -0.795. The number of nitrogens with zero attached hydrogens (tertiary/aromatic N) is 2. The van der Waals surface area contributed by atoms with Gasteiger partial charge in [0.1, 0.15) is 17.1 Å². The molecule has 2 atom stereocenters. The van der Waals surface area contributed by atoms with Gasteiger partial charge in [-0.25, -0.2) is 9.78 Å². The fourth-order valence-electron chi connectivity index (χ4n) is 4.90. The Morgan fingerprint density at radius 2 is 1.73 bits per heavy atom. The van der Waals surface area contributed by atoms with Crippen LogP contribution in [0, 0.1) is 0 Å². The molecule has 6 rings (SSSR count). The van der Waals surface area contributed by atoms with E-state index >= 15 is 0 Å². The summed E-state index contributed by atoms with van der Waals surface area (Å²) in [5.41, 5.74) is 8.25. The minimum Gasteiger partial charge on any atom is -0.448 e. The molecule has 0 bridgehead atoms. The largest absolute Gasteiger partial charge is 0.448 e. The average molecular weight is 684 g/mol. The van der Waals surface area contributed by atoms with Gasteiger partial charge in [0.2, 0.25) is 5.91 Å². The quantitative estimate of drug-likeness (QED) is 0.121. The smallest absolute Gasteiger partial charge is 0.356 e. The van der Waals surface area contributed by atoms with Crippen molar-refractivity contribution in [2.45, 2.75) is 22.4 Å². The monoisotopic (exact) mass is 682 g/mol. The van der Waals surface area contributed by atoms with Gasteiger partial charge in [0.15, 0.2) is 11.2 Å². The summed E-state index contributed by atoms with van der Waals surface area (Å²) in [5, 5.41) is 3.52. The van der Waals surface area contributed by atoms with Crippen molar-refractivity contribution in [1.29, 1.82) is 0 Å². The van der Waals surface area contributed by atoms with Crippen LogP contribution in [0.5, 0.6) is 0 Å². The van der Waals surface area contributed by atoms with E-state index in [1.165, 1.54) is 39.8 Å². The van der Waals surface area contributed by atoms with Crippen molar-refractivity contribution in [3.05, 3.63) is 117 Å². The second-order valence-corrected chi connectivity index (χ2v) is 13.8. The van der Waals surface area contributed by atoms with E-state index in [1.54, 1.807) is 24.4 Å². The van der Waals surface area contributed by atoms with E-state index in [4.69, 9.17) is 33.7 Å². The van der Waals surface area contributed by atoms with E-state index in [0.29, 0.717) is 31.4 Å². The molecule has 4 aromatic rings. The van der Waals surface area contributed by atoms with Gasteiger partial charge in [-0.3, -0.25) is 14.5 Å². The molecule has 2 aliphatic rings. The first-order chi connectivity index (χ1) is 21.3. The van der Waals surface area contributed by atoms with E-state index < -0.39 is 29.4 Å². The standard InChI is InChI=1S/C31H24Cl2N4O4S3/c32-21-12-11-19(13-22(21)33)42-16-24(38)36-25-28(39)37-26(20(15-43-29(25)37)23-14-35-31(34)44-23)30(40)41-27(17-7-3-1-4-8-17)18-9-5-2-6-10-18/h1-14,25,27,29H,15-16H2,(H2,34,35)(H,36,38). The molecule has 1 fully saturated rings. The molecule has 3 aromatic carbocycles. The molecule has 2 unspecified atom stereocenters. The molecule has 2 amide bonds. The summed E-state index contributed by atoms with van der Waals surface area (Å²) in [6, 6.07) is 23.2. The Kier molecular flexibility index (Phi) is 9.20. The number of nitrogens with one attached hydrogen (secondary N) is 1. The summed E-state index contributed by atoms with van der Waals surface area (Å²) in [7, 11) is 0. The van der Waals surface area contributed by atoms with Crippen molar-refractivity contribution < 1.29 is 19.1 Å². The fourth-order valence-corrected chi connectivity index (χ4v) is 8.20. The average Bonchev–Trinajstić information content (AvgIpc) is 3.48. The number of benzene rings is 3. The van der Waals surface area contributed by atoms with E-state index in [9.17, 15) is 14.4 Å². The van der Waals surface area contributed by atoms with Gasteiger partial charge in [-0.05, 0) is 29.3 Å². The zero-order chi connectivity index (χ0) is 30.8. The van der Waals surface area contributed by atoms with Crippen LogP contribution in [0.3, 0.4) is 0 Å². The number of nitrogen functional groups attached to an aromatic ring is 1. The normalized spacial score (nSPS) is 17.7. The minimum absolute atomic E-state index is 0.0745. The van der Waals surface area contributed by atoms with Gasteiger partial charge in [-0.2, -0.15) is 0 Å². The van der Waals surface area contributed by atoms with Crippen LogP contribution < -0.4 is 11.1 Å². The summed E-state index contributed by atoms with van der Waals surface area (Å²) in [4.78, 5) is 47.6. The maximum absolute atomic E-state index is 14.1. The molecule has 0 radical (unpaired) electrons. The number of amides is 2. The number of nitrogens with two attached hydrogens (primary N) is 1. The van der Waals surface area contributed by atoms with Crippen LogP contribution in [-0.2, 0) is 19.1 Å². The zero-order valence-electron chi connectivity index (χ0n) is 22.8. The summed E-state index contributed by atoms with van der Waals surface area (Å²) in [5.74, 6) is -0.893. The van der Waals surface area contributed by atoms with Gasteiger partial charge in [0.25, 0.3) is 5.91 Å². The van der Waals surface area contributed by atoms with Crippen LogP contribution >= 0.6 is 58.1 Å². The molecule has 224 valence electrons.